The largest absolute Gasteiger partial charge is 0.416 e. The lowest BCUT2D eigenvalue weighted by atomic mass is 10.1. The second-order valence-corrected chi connectivity index (χ2v) is 10.1. The van der Waals surface area contributed by atoms with Crippen molar-refractivity contribution < 1.29 is 18.0 Å². The predicted octanol–water partition coefficient (Wildman–Crippen LogP) is 7.75. The van der Waals surface area contributed by atoms with Gasteiger partial charge in [0.1, 0.15) is 5.82 Å². The molecule has 3 aromatic carbocycles. The Labute approximate surface area is 244 Å². The van der Waals surface area contributed by atoms with E-state index in [2.05, 4.69) is 10.6 Å². The zero-order valence-corrected chi connectivity index (χ0v) is 23.4. The van der Waals surface area contributed by atoms with Crippen molar-refractivity contribution in [1.82, 2.24) is 19.7 Å². The van der Waals surface area contributed by atoms with Crippen LogP contribution in [0.4, 0.5) is 19.0 Å². The van der Waals surface area contributed by atoms with Crippen molar-refractivity contribution in [3.05, 3.63) is 119 Å². The van der Waals surface area contributed by atoms with Crippen molar-refractivity contribution >= 4 is 40.7 Å². The number of aromatic nitrogens is 3. The van der Waals surface area contributed by atoms with Gasteiger partial charge in [-0.3, -0.25) is 10.1 Å². The van der Waals surface area contributed by atoms with Crippen LogP contribution in [-0.2, 0) is 6.18 Å². The number of halogens is 4. The maximum absolute atomic E-state index is 13.4. The summed E-state index contributed by atoms with van der Waals surface area (Å²) in [5.41, 5.74) is 3.54. The maximum atomic E-state index is 13.4. The number of carbonyl (C=O) groups is 1. The molecule has 2 heterocycles. The van der Waals surface area contributed by atoms with Crippen LogP contribution in [0.15, 0.2) is 91.0 Å². The summed E-state index contributed by atoms with van der Waals surface area (Å²) in [6.07, 6.45) is -4.45. The average Bonchev–Trinajstić information content (AvgIpc) is 3.48. The van der Waals surface area contributed by atoms with Gasteiger partial charge in [-0.15, -0.1) is 0 Å². The van der Waals surface area contributed by atoms with E-state index in [1.54, 1.807) is 45.6 Å². The average molecular weight is 594 g/mol. The van der Waals surface area contributed by atoms with Crippen molar-refractivity contribution in [1.29, 1.82) is 0 Å². The van der Waals surface area contributed by atoms with Crippen LogP contribution in [0.3, 0.4) is 0 Å². The fourth-order valence-electron chi connectivity index (χ4n) is 4.53. The molecule has 0 aliphatic heterocycles. The monoisotopic (exact) mass is 593 g/mol. The SMILES string of the molecule is Cc1cc(-c2cc(NC(=S)NC(=O)c3ccc(Cl)cc3)n(-c3ccccc3)n2)c(C)n1-c1cccc(C(F)(F)F)c1. The van der Waals surface area contributed by atoms with Gasteiger partial charge in [-0.1, -0.05) is 35.9 Å². The second kappa shape index (κ2) is 11.2. The van der Waals surface area contributed by atoms with E-state index in [0.29, 0.717) is 33.5 Å². The number of aryl methyl sites for hydroxylation is 1. The molecule has 0 saturated carbocycles. The van der Waals surface area contributed by atoms with E-state index in [1.807, 2.05) is 50.2 Å². The Kier molecular flexibility index (Phi) is 7.70. The zero-order valence-electron chi connectivity index (χ0n) is 21.8. The number of benzene rings is 3. The first-order valence-electron chi connectivity index (χ1n) is 12.4. The fourth-order valence-corrected chi connectivity index (χ4v) is 4.86. The molecule has 0 saturated heterocycles. The van der Waals surface area contributed by atoms with E-state index in [-0.39, 0.29) is 5.11 Å². The summed E-state index contributed by atoms with van der Waals surface area (Å²) in [6.45, 7) is 3.65. The molecule has 0 aliphatic rings. The number of hydrogen-bond acceptors (Lipinski definition) is 3. The van der Waals surface area contributed by atoms with Crippen LogP contribution in [0.1, 0.15) is 27.3 Å². The summed E-state index contributed by atoms with van der Waals surface area (Å²) in [5.74, 6) is 0.0753. The Morgan fingerprint density at radius 3 is 2.27 bits per heavy atom. The Hall–Kier alpha value is -4.41. The van der Waals surface area contributed by atoms with Crippen molar-refractivity contribution in [3.63, 3.8) is 0 Å². The van der Waals surface area contributed by atoms with Crippen LogP contribution in [0.2, 0.25) is 5.02 Å². The minimum atomic E-state index is -4.45. The highest BCUT2D eigenvalue weighted by atomic mass is 35.5. The lowest BCUT2D eigenvalue weighted by Gasteiger charge is -2.13. The standard InChI is InChI=1S/C30H23ClF3N5OS/c1-18-15-25(19(2)38(18)24-10-6-7-21(16-24)30(32,33)34)26-17-27(39(37-26)23-8-4-3-5-9-23)35-29(41)36-28(40)20-11-13-22(31)14-12-20/h3-17H,1-2H3,(H2,35,36,40,41). The van der Waals surface area contributed by atoms with Crippen LogP contribution in [0.25, 0.3) is 22.6 Å². The third kappa shape index (κ3) is 6.03. The first kappa shape index (κ1) is 28.1. The van der Waals surface area contributed by atoms with E-state index in [1.165, 1.54) is 6.07 Å². The number of hydrogen-bond donors (Lipinski definition) is 2. The molecule has 5 aromatic rings. The van der Waals surface area contributed by atoms with E-state index in [9.17, 15) is 18.0 Å². The molecule has 0 bridgehead atoms. The molecule has 0 spiro atoms. The number of alkyl halides is 3. The summed E-state index contributed by atoms with van der Waals surface area (Å²) in [6, 6.07) is 24.6. The van der Waals surface area contributed by atoms with Crippen LogP contribution >= 0.6 is 23.8 Å². The highest BCUT2D eigenvalue weighted by Crippen LogP contribution is 2.34. The van der Waals surface area contributed by atoms with E-state index in [4.69, 9.17) is 28.9 Å². The molecule has 0 atom stereocenters. The van der Waals surface area contributed by atoms with Gasteiger partial charge in [-0.05, 0) is 86.7 Å². The van der Waals surface area contributed by atoms with Gasteiger partial charge >= 0.3 is 6.18 Å². The summed E-state index contributed by atoms with van der Waals surface area (Å²) >= 11 is 11.3. The van der Waals surface area contributed by atoms with E-state index < -0.39 is 17.6 Å². The van der Waals surface area contributed by atoms with Crippen LogP contribution in [0.5, 0.6) is 0 Å². The van der Waals surface area contributed by atoms with Gasteiger partial charge in [0.25, 0.3) is 5.91 Å². The lowest BCUT2D eigenvalue weighted by molar-refractivity contribution is -0.137. The smallest absolute Gasteiger partial charge is 0.318 e. The summed E-state index contributed by atoms with van der Waals surface area (Å²) in [5, 5.41) is 11.1. The van der Waals surface area contributed by atoms with Gasteiger partial charge in [0.2, 0.25) is 0 Å². The quantitative estimate of drug-likeness (QED) is 0.205. The molecule has 1 amide bonds. The molecule has 0 fully saturated rings. The zero-order chi connectivity index (χ0) is 29.3. The summed E-state index contributed by atoms with van der Waals surface area (Å²) in [7, 11) is 0. The van der Waals surface area contributed by atoms with Gasteiger partial charge < -0.3 is 9.88 Å². The number of para-hydroxylation sites is 1. The minimum absolute atomic E-state index is 0.0584. The topological polar surface area (TPSA) is 63.9 Å². The van der Waals surface area contributed by atoms with Gasteiger partial charge in [0.05, 0.1) is 16.9 Å². The second-order valence-electron chi connectivity index (χ2n) is 9.25. The number of amides is 1. The normalized spacial score (nSPS) is 11.4. The predicted molar refractivity (Wildman–Crippen MR) is 158 cm³/mol. The van der Waals surface area contributed by atoms with Gasteiger partial charge in [-0.2, -0.15) is 18.3 Å². The molecular weight excluding hydrogens is 571 g/mol. The molecule has 0 unspecified atom stereocenters. The number of nitrogens with zero attached hydrogens (tertiary/aromatic N) is 3. The molecule has 41 heavy (non-hydrogen) atoms. The Morgan fingerprint density at radius 1 is 0.902 bits per heavy atom. The molecule has 208 valence electrons. The third-order valence-corrected chi connectivity index (χ3v) is 6.88. The molecule has 2 aromatic heterocycles. The maximum Gasteiger partial charge on any atom is 0.416 e. The van der Waals surface area contributed by atoms with Crippen molar-refractivity contribution in [2.24, 2.45) is 0 Å². The fraction of sp³-hybridized carbons (Fsp3) is 0.100. The first-order chi connectivity index (χ1) is 19.5. The molecule has 2 N–H and O–H groups in total. The molecule has 0 aliphatic carbocycles. The number of rotatable bonds is 5. The van der Waals surface area contributed by atoms with Gasteiger partial charge in [0, 0.05) is 39.3 Å². The Morgan fingerprint density at radius 2 is 1.59 bits per heavy atom. The molecule has 6 nitrogen and oxygen atoms in total. The molecule has 11 heteroatoms. The molecule has 0 radical (unpaired) electrons. The first-order valence-corrected chi connectivity index (χ1v) is 13.2. The van der Waals surface area contributed by atoms with Gasteiger partial charge in [0.15, 0.2) is 5.11 Å². The summed E-state index contributed by atoms with van der Waals surface area (Å²) in [4.78, 5) is 12.7. The molecular formula is C30H23ClF3N5OS. The number of nitrogens with one attached hydrogen (secondary N) is 2. The highest BCUT2D eigenvalue weighted by molar-refractivity contribution is 7.80. The Bertz CT molecular complexity index is 1740. The van der Waals surface area contributed by atoms with Crippen molar-refractivity contribution in [2.45, 2.75) is 20.0 Å². The summed E-state index contributed by atoms with van der Waals surface area (Å²) < 4.78 is 43.6. The number of carbonyl (C=O) groups excluding carboxylic acids is 1. The highest BCUT2D eigenvalue weighted by Gasteiger charge is 2.31. The Balaban J connectivity index is 1.49. The van der Waals surface area contributed by atoms with E-state index >= 15 is 0 Å². The van der Waals surface area contributed by atoms with Gasteiger partial charge in [-0.25, -0.2) is 4.68 Å². The number of anilines is 1. The number of thiocarbonyl (C=S) groups is 1. The van der Waals surface area contributed by atoms with Crippen molar-refractivity contribution in [2.75, 3.05) is 5.32 Å². The van der Waals surface area contributed by atoms with Crippen molar-refractivity contribution in [3.8, 4) is 22.6 Å². The van der Waals surface area contributed by atoms with E-state index in [0.717, 1.165) is 29.1 Å². The lowest BCUT2D eigenvalue weighted by Crippen LogP contribution is -2.34. The van der Waals surface area contributed by atoms with Crippen LogP contribution in [-0.4, -0.2) is 25.4 Å². The van der Waals surface area contributed by atoms with Crippen LogP contribution in [0, 0.1) is 13.8 Å². The third-order valence-electron chi connectivity index (χ3n) is 6.42. The van der Waals surface area contributed by atoms with Crippen LogP contribution < -0.4 is 10.6 Å². The molecule has 5 rings (SSSR count). The minimum Gasteiger partial charge on any atom is -0.318 e.